The molecule has 0 saturated carbocycles. The van der Waals surface area contributed by atoms with Crippen molar-refractivity contribution in [3.63, 3.8) is 0 Å². The highest BCUT2D eigenvalue weighted by molar-refractivity contribution is 6.32. The molecular weight excluding hydrogens is 338 g/mol. The topological polar surface area (TPSA) is 47.6 Å². The van der Waals surface area contributed by atoms with Gasteiger partial charge in [-0.1, -0.05) is 31.5 Å². The number of rotatable bonds is 7. The highest BCUT2D eigenvalue weighted by Crippen LogP contribution is 2.31. The largest absolute Gasteiger partial charge is 0.493 e. The molecule has 4 nitrogen and oxygen atoms in total. The van der Waals surface area contributed by atoms with Gasteiger partial charge in [0.2, 0.25) is 0 Å². The summed E-state index contributed by atoms with van der Waals surface area (Å²) < 4.78 is 10.8. The molecule has 2 rings (SSSR count). The van der Waals surface area contributed by atoms with Crippen LogP contribution in [0, 0.1) is 0 Å². The van der Waals surface area contributed by atoms with Gasteiger partial charge in [-0.2, -0.15) is 0 Å². The van der Waals surface area contributed by atoms with Gasteiger partial charge < -0.3 is 14.8 Å². The van der Waals surface area contributed by atoms with Gasteiger partial charge in [-0.3, -0.25) is 4.79 Å². The van der Waals surface area contributed by atoms with E-state index in [0.29, 0.717) is 28.7 Å². The van der Waals surface area contributed by atoms with Crippen molar-refractivity contribution in [2.24, 2.45) is 0 Å². The number of carbonyl (C=O) groups is 1. The fourth-order valence-electron chi connectivity index (χ4n) is 2.74. The third kappa shape index (κ3) is 4.26. The number of anilines is 1. The second kappa shape index (κ2) is 8.77. The lowest BCUT2D eigenvalue weighted by atomic mass is 10.0. The van der Waals surface area contributed by atoms with E-state index >= 15 is 0 Å². The molecule has 5 heteroatoms. The number of aryl methyl sites for hydroxylation is 1. The van der Waals surface area contributed by atoms with Crippen LogP contribution in [0.2, 0.25) is 5.02 Å². The van der Waals surface area contributed by atoms with Crippen LogP contribution in [0.5, 0.6) is 11.5 Å². The van der Waals surface area contributed by atoms with Crippen LogP contribution in [-0.2, 0) is 12.8 Å². The third-order valence-corrected chi connectivity index (χ3v) is 4.39. The SMILES string of the molecule is CCOc1ccc(C(=O)Nc2c(CC)ccc(Cl)c2CC)cc1OC. The summed E-state index contributed by atoms with van der Waals surface area (Å²) in [6, 6.07) is 8.99. The van der Waals surface area contributed by atoms with E-state index in [1.165, 1.54) is 0 Å². The minimum absolute atomic E-state index is 0.201. The highest BCUT2D eigenvalue weighted by atomic mass is 35.5. The molecule has 0 aliphatic heterocycles. The number of nitrogens with one attached hydrogen (secondary N) is 1. The molecule has 0 heterocycles. The number of carbonyl (C=O) groups excluding carboxylic acids is 1. The summed E-state index contributed by atoms with van der Waals surface area (Å²) in [7, 11) is 1.56. The first-order valence-corrected chi connectivity index (χ1v) is 8.85. The van der Waals surface area contributed by atoms with Gasteiger partial charge in [0.15, 0.2) is 11.5 Å². The normalized spacial score (nSPS) is 10.4. The summed E-state index contributed by atoms with van der Waals surface area (Å²) in [5.74, 6) is 0.952. The smallest absolute Gasteiger partial charge is 0.255 e. The van der Waals surface area contributed by atoms with Crippen LogP contribution in [0.15, 0.2) is 30.3 Å². The molecule has 2 aromatic carbocycles. The zero-order valence-corrected chi connectivity index (χ0v) is 15.9. The van der Waals surface area contributed by atoms with Crippen LogP contribution in [-0.4, -0.2) is 19.6 Å². The molecule has 1 amide bonds. The molecule has 25 heavy (non-hydrogen) atoms. The van der Waals surface area contributed by atoms with E-state index in [1.807, 2.05) is 26.0 Å². The van der Waals surface area contributed by atoms with Crippen LogP contribution >= 0.6 is 11.6 Å². The maximum Gasteiger partial charge on any atom is 0.255 e. The molecule has 0 bridgehead atoms. The monoisotopic (exact) mass is 361 g/mol. The Balaban J connectivity index is 2.36. The van der Waals surface area contributed by atoms with Gasteiger partial charge >= 0.3 is 0 Å². The average molecular weight is 362 g/mol. The quantitative estimate of drug-likeness (QED) is 0.744. The predicted molar refractivity (Wildman–Crippen MR) is 102 cm³/mol. The lowest BCUT2D eigenvalue weighted by Gasteiger charge is -2.16. The summed E-state index contributed by atoms with van der Waals surface area (Å²) in [5, 5.41) is 3.69. The Morgan fingerprint density at radius 3 is 2.44 bits per heavy atom. The Hall–Kier alpha value is -2.20. The maximum absolute atomic E-state index is 12.7. The van der Waals surface area contributed by atoms with Gasteiger partial charge in [0.25, 0.3) is 5.91 Å². The number of hydrogen-bond donors (Lipinski definition) is 1. The van der Waals surface area contributed by atoms with Crippen molar-refractivity contribution in [3.05, 3.63) is 52.0 Å². The van der Waals surface area contributed by atoms with Crippen molar-refractivity contribution in [2.75, 3.05) is 19.0 Å². The van der Waals surface area contributed by atoms with Gasteiger partial charge in [-0.15, -0.1) is 0 Å². The van der Waals surface area contributed by atoms with Crippen LogP contribution < -0.4 is 14.8 Å². The molecule has 1 N–H and O–H groups in total. The van der Waals surface area contributed by atoms with Crippen molar-refractivity contribution in [2.45, 2.75) is 33.6 Å². The number of benzene rings is 2. The van der Waals surface area contributed by atoms with Gasteiger partial charge in [0, 0.05) is 16.3 Å². The summed E-state index contributed by atoms with van der Waals surface area (Å²) in [5.41, 5.74) is 3.32. The zero-order valence-electron chi connectivity index (χ0n) is 15.1. The summed E-state index contributed by atoms with van der Waals surface area (Å²) >= 11 is 6.30. The minimum atomic E-state index is -0.201. The number of halogens is 1. The Kier molecular flexibility index (Phi) is 6.71. The van der Waals surface area contributed by atoms with E-state index in [0.717, 1.165) is 29.7 Å². The third-order valence-electron chi connectivity index (χ3n) is 4.04. The Bertz CT molecular complexity index is 759. The number of ether oxygens (including phenoxy) is 2. The summed E-state index contributed by atoms with van der Waals surface area (Å²) in [4.78, 5) is 12.7. The molecule has 0 saturated heterocycles. The molecule has 0 spiro atoms. The first kappa shape index (κ1) is 19.1. The Morgan fingerprint density at radius 1 is 1.08 bits per heavy atom. The van der Waals surface area contributed by atoms with Crippen molar-refractivity contribution in [1.29, 1.82) is 0 Å². The molecular formula is C20H24ClNO3. The maximum atomic E-state index is 12.7. The standard InChI is InChI=1S/C20H24ClNO3/c1-5-13-8-10-16(21)15(6-2)19(13)22-20(23)14-9-11-17(25-7-3)18(12-14)24-4/h8-12H,5-7H2,1-4H3,(H,22,23). The molecule has 0 atom stereocenters. The van der Waals surface area contributed by atoms with Crippen molar-refractivity contribution in [3.8, 4) is 11.5 Å². The van der Waals surface area contributed by atoms with Gasteiger partial charge in [-0.05, 0) is 55.2 Å². The molecule has 0 aromatic heterocycles. The first-order chi connectivity index (χ1) is 12.0. The fraction of sp³-hybridized carbons (Fsp3) is 0.350. The van der Waals surface area contributed by atoms with E-state index in [9.17, 15) is 4.79 Å². The molecule has 0 radical (unpaired) electrons. The van der Waals surface area contributed by atoms with Crippen molar-refractivity contribution in [1.82, 2.24) is 0 Å². The highest BCUT2D eigenvalue weighted by Gasteiger charge is 2.16. The molecule has 0 unspecified atom stereocenters. The Morgan fingerprint density at radius 2 is 1.84 bits per heavy atom. The molecule has 134 valence electrons. The molecule has 0 aliphatic carbocycles. The van der Waals surface area contributed by atoms with E-state index in [4.69, 9.17) is 21.1 Å². The summed E-state index contributed by atoms with van der Waals surface area (Å²) in [6.07, 6.45) is 1.56. The van der Waals surface area contributed by atoms with Crippen LogP contribution in [0.3, 0.4) is 0 Å². The second-order valence-electron chi connectivity index (χ2n) is 5.52. The van der Waals surface area contributed by atoms with Crippen LogP contribution in [0.25, 0.3) is 0 Å². The minimum Gasteiger partial charge on any atom is -0.493 e. The number of methoxy groups -OCH3 is 1. The predicted octanol–water partition coefficient (Wildman–Crippen LogP) is 5.12. The lowest BCUT2D eigenvalue weighted by Crippen LogP contribution is -2.15. The molecule has 2 aromatic rings. The van der Waals surface area contributed by atoms with E-state index in [1.54, 1.807) is 25.3 Å². The Labute approximate surface area is 154 Å². The van der Waals surface area contributed by atoms with Crippen molar-refractivity contribution >= 4 is 23.2 Å². The fourth-order valence-corrected chi connectivity index (χ4v) is 3.03. The number of amides is 1. The van der Waals surface area contributed by atoms with E-state index in [-0.39, 0.29) is 5.91 Å². The van der Waals surface area contributed by atoms with Crippen LogP contribution in [0.1, 0.15) is 42.3 Å². The zero-order chi connectivity index (χ0) is 18.4. The average Bonchev–Trinajstić information content (AvgIpc) is 2.62. The second-order valence-corrected chi connectivity index (χ2v) is 5.93. The summed E-state index contributed by atoms with van der Waals surface area (Å²) in [6.45, 7) is 6.51. The van der Waals surface area contributed by atoms with E-state index < -0.39 is 0 Å². The number of hydrogen-bond acceptors (Lipinski definition) is 3. The molecule has 0 fully saturated rings. The first-order valence-electron chi connectivity index (χ1n) is 8.48. The van der Waals surface area contributed by atoms with Gasteiger partial charge in [0.1, 0.15) is 0 Å². The molecule has 0 aliphatic rings. The van der Waals surface area contributed by atoms with Gasteiger partial charge in [-0.25, -0.2) is 0 Å². The van der Waals surface area contributed by atoms with Gasteiger partial charge in [0.05, 0.1) is 13.7 Å². The lowest BCUT2D eigenvalue weighted by molar-refractivity contribution is 0.102. The van der Waals surface area contributed by atoms with E-state index in [2.05, 4.69) is 12.2 Å². The van der Waals surface area contributed by atoms with Crippen molar-refractivity contribution < 1.29 is 14.3 Å². The van der Waals surface area contributed by atoms with Crippen LogP contribution in [0.4, 0.5) is 5.69 Å².